The fourth-order valence-electron chi connectivity index (χ4n) is 2.05. The van der Waals surface area contributed by atoms with E-state index >= 15 is 0 Å². The number of likely N-dealkylation sites (tertiary alicyclic amines) is 1. The van der Waals surface area contributed by atoms with Gasteiger partial charge in [-0.05, 0) is 24.3 Å². The number of carbonyl (C=O) groups excluding carboxylic acids is 3. The van der Waals surface area contributed by atoms with Crippen LogP contribution in [-0.4, -0.2) is 29.2 Å². The van der Waals surface area contributed by atoms with Gasteiger partial charge < -0.3 is 5.32 Å². The number of rotatable bonds is 4. The summed E-state index contributed by atoms with van der Waals surface area (Å²) in [6.45, 7) is -0.0237. The molecule has 1 N–H and O–H groups in total. The summed E-state index contributed by atoms with van der Waals surface area (Å²) in [6, 6.07) is 4.02. The Balaban J connectivity index is 1.87. The van der Waals surface area contributed by atoms with Gasteiger partial charge in [0.25, 0.3) is 0 Å². The number of amides is 3. The van der Waals surface area contributed by atoms with Crippen LogP contribution in [0.25, 0.3) is 0 Å². The summed E-state index contributed by atoms with van der Waals surface area (Å²) in [4.78, 5) is 35.4. The number of nitrogens with one attached hydrogen (secondary N) is 1. The van der Waals surface area contributed by atoms with Crippen LogP contribution in [0.5, 0.6) is 0 Å². The Morgan fingerprint density at radius 2 is 1.64 bits per heavy atom. The van der Waals surface area contributed by atoms with Crippen molar-refractivity contribution in [3.8, 4) is 0 Å². The highest BCUT2D eigenvalue weighted by Crippen LogP contribution is 2.29. The van der Waals surface area contributed by atoms with Gasteiger partial charge in [-0.3, -0.25) is 19.3 Å². The molecule has 0 aromatic heterocycles. The summed E-state index contributed by atoms with van der Waals surface area (Å²) in [5, 5.41) is 2.42. The van der Waals surface area contributed by atoms with Crippen molar-refractivity contribution in [2.45, 2.75) is 25.4 Å². The first-order chi connectivity index (χ1) is 10.3. The van der Waals surface area contributed by atoms with Crippen molar-refractivity contribution in [2.24, 2.45) is 0 Å². The van der Waals surface area contributed by atoms with Crippen LogP contribution in [0.4, 0.5) is 18.9 Å². The molecule has 5 nitrogen and oxygen atoms in total. The van der Waals surface area contributed by atoms with Crippen molar-refractivity contribution in [3.63, 3.8) is 0 Å². The minimum absolute atomic E-state index is 0.0237. The average Bonchev–Trinajstić information content (AvgIpc) is 2.75. The molecule has 1 saturated heterocycles. The standard InChI is InChI=1S/C14H13F3N2O3/c15-14(16,17)9-1-3-10(4-2-9)18-11(20)7-8-19-12(21)5-6-13(19)22/h1-4H,5-8H2,(H,18,20). The van der Waals surface area contributed by atoms with E-state index in [1.54, 1.807) is 0 Å². The fourth-order valence-corrected chi connectivity index (χ4v) is 2.05. The van der Waals surface area contributed by atoms with Gasteiger partial charge in [0, 0.05) is 31.5 Å². The summed E-state index contributed by atoms with van der Waals surface area (Å²) in [5.74, 6) is -1.10. The number of halogens is 3. The van der Waals surface area contributed by atoms with Crippen molar-refractivity contribution >= 4 is 23.4 Å². The monoisotopic (exact) mass is 314 g/mol. The molecule has 0 bridgehead atoms. The summed E-state index contributed by atoms with van der Waals surface area (Å²) in [6.07, 6.45) is -4.23. The molecule has 2 rings (SSSR count). The molecule has 0 aliphatic carbocycles. The molecule has 0 radical (unpaired) electrons. The molecule has 3 amide bonds. The number of hydrogen-bond donors (Lipinski definition) is 1. The van der Waals surface area contributed by atoms with Gasteiger partial charge in [0.2, 0.25) is 17.7 Å². The Kier molecular flexibility index (Phi) is 4.48. The SMILES string of the molecule is O=C(CCN1C(=O)CCC1=O)Nc1ccc(C(F)(F)F)cc1. The topological polar surface area (TPSA) is 66.5 Å². The molecule has 0 spiro atoms. The van der Waals surface area contributed by atoms with E-state index in [1.165, 1.54) is 0 Å². The maximum Gasteiger partial charge on any atom is 0.416 e. The van der Waals surface area contributed by atoms with E-state index in [2.05, 4.69) is 5.32 Å². The van der Waals surface area contributed by atoms with Crippen LogP contribution >= 0.6 is 0 Å². The van der Waals surface area contributed by atoms with Gasteiger partial charge in [0.1, 0.15) is 0 Å². The fraction of sp³-hybridized carbons (Fsp3) is 0.357. The Morgan fingerprint density at radius 3 is 2.14 bits per heavy atom. The zero-order valence-corrected chi connectivity index (χ0v) is 11.4. The highest BCUT2D eigenvalue weighted by atomic mass is 19.4. The lowest BCUT2D eigenvalue weighted by molar-refractivity contribution is -0.139. The predicted octanol–water partition coefficient (Wildman–Crippen LogP) is 2.18. The smallest absolute Gasteiger partial charge is 0.326 e. The maximum atomic E-state index is 12.4. The van der Waals surface area contributed by atoms with Gasteiger partial charge in [-0.2, -0.15) is 13.2 Å². The van der Waals surface area contributed by atoms with Gasteiger partial charge >= 0.3 is 6.18 Å². The van der Waals surface area contributed by atoms with Crippen LogP contribution in [0.2, 0.25) is 0 Å². The van der Waals surface area contributed by atoms with Crippen LogP contribution in [0.15, 0.2) is 24.3 Å². The van der Waals surface area contributed by atoms with Crippen LogP contribution in [0.3, 0.4) is 0 Å². The quantitative estimate of drug-likeness (QED) is 0.866. The maximum absolute atomic E-state index is 12.4. The first-order valence-corrected chi connectivity index (χ1v) is 6.57. The normalized spacial score (nSPS) is 15.3. The highest BCUT2D eigenvalue weighted by molar-refractivity contribution is 6.02. The van der Waals surface area contributed by atoms with E-state index in [-0.39, 0.29) is 43.3 Å². The second-order valence-electron chi connectivity index (χ2n) is 4.81. The highest BCUT2D eigenvalue weighted by Gasteiger charge is 2.30. The second kappa shape index (κ2) is 6.17. The van der Waals surface area contributed by atoms with Crippen LogP contribution in [0.1, 0.15) is 24.8 Å². The molecule has 1 aliphatic heterocycles. The molecule has 0 saturated carbocycles. The molecule has 1 aromatic rings. The van der Waals surface area contributed by atoms with Gasteiger partial charge in [0.15, 0.2) is 0 Å². The first kappa shape index (κ1) is 16.0. The number of benzene rings is 1. The Bertz CT molecular complexity index is 580. The number of hydrogen-bond acceptors (Lipinski definition) is 3. The lowest BCUT2D eigenvalue weighted by Gasteiger charge is -2.13. The minimum atomic E-state index is -4.43. The average molecular weight is 314 g/mol. The molecule has 22 heavy (non-hydrogen) atoms. The largest absolute Gasteiger partial charge is 0.416 e. The number of anilines is 1. The van der Waals surface area contributed by atoms with Crippen LogP contribution < -0.4 is 5.32 Å². The lowest BCUT2D eigenvalue weighted by atomic mass is 10.2. The molecule has 1 fully saturated rings. The molecular formula is C14H13F3N2O3. The zero-order valence-electron chi connectivity index (χ0n) is 11.4. The van der Waals surface area contributed by atoms with E-state index < -0.39 is 17.6 Å². The molecule has 0 unspecified atom stereocenters. The summed E-state index contributed by atoms with van der Waals surface area (Å²) in [7, 11) is 0. The van der Waals surface area contributed by atoms with Gasteiger partial charge in [-0.1, -0.05) is 0 Å². The lowest BCUT2D eigenvalue weighted by Crippen LogP contribution is -2.32. The van der Waals surface area contributed by atoms with Crippen molar-refractivity contribution < 1.29 is 27.6 Å². The van der Waals surface area contributed by atoms with Crippen molar-refractivity contribution in [3.05, 3.63) is 29.8 Å². The third-order valence-electron chi connectivity index (χ3n) is 3.21. The summed E-state index contributed by atoms with van der Waals surface area (Å²) >= 11 is 0. The van der Waals surface area contributed by atoms with E-state index in [9.17, 15) is 27.6 Å². The number of alkyl halides is 3. The van der Waals surface area contributed by atoms with E-state index in [0.29, 0.717) is 0 Å². The second-order valence-corrected chi connectivity index (χ2v) is 4.81. The minimum Gasteiger partial charge on any atom is -0.326 e. The van der Waals surface area contributed by atoms with Crippen molar-refractivity contribution in [1.82, 2.24) is 4.90 Å². The molecule has 1 heterocycles. The van der Waals surface area contributed by atoms with E-state index in [0.717, 1.165) is 29.2 Å². The number of carbonyl (C=O) groups is 3. The van der Waals surface area contributed by atoms with Crippen molar-refractivity contribution in [2.75, 3.05) is 11.9 Å². The Morgan fingerprint density at radius 1 is 1.09 bits per heavy atom. The number of nitrogens with zero attached hydrogens (tertiary/aromatic N) is 1. The van der Waals surface area contributed by atoms with Crippen LogP contribution in [-0.2, 0) is 20.6 Å². The van der Waals surface area contributed by atoms with Gasteiger partial charge in [-0.25, -0.2) is 0 Å². The summed E-state index contributed by atoms with van der Waals surface area (Å²) in [5.41, 5.74) is -0.587. The summed E-state index contributed by atoms with van der Waals surface area (Å²) < 4.78 is 37.2. The molecule has 1 aliphatic rings. The van der Waals surface area contributed by atoms with Crippen molar-refractivity contribution in [1.29, 1.82) is 0 Å². The third kappa shape index (κ3) is 3.84. The molecule has 0 atom stereocenters. The number of imide groups is 1. The molecule has 118 valence electrons. The molecule has 8 heteroatoms. The van der Waals surface area contributed by atoms with Crippen LogP contribution in [0, 0.1) is 0 Å². The Hall–Kier alpha value is -2.38. The molecule has 1 aromatic carbocycles. The predicted molar refractivity (Wildman–Crippen MR) is 70.6 cm³/mol. The molecular weight excluding hydrogens is 301 g/mol. The van der Waals surface area contributed by atoms with Gasteiger partial charge in [-0.15, -0.1) is 0 Å². The van der Waals surface area contributed by atoms with Gasteiger partial charge in [0.05, 0.1) is 5.56 Å². The van der Waals surface area contributed by atoms with E-state index in [4.69, 9.17) is 0 Å². The Labute approximate surface area is 124 Å². The first-order valence-electron chi connectivity index (χ1n) is 6.57. The van der Waals surface area contributed by atoms with E-state index in [1.807, 2.05) is 0 Å². The third-order valence-corrected chi connectivity index (χ3v) is 3.21. The zero-order chi connectivity index (χ0) is 16.3.